The van der Waals surface area contributed by atoms with Gasteiger partial charge in [0.15, 0.2) is 0 Å². The fourth-order valence-corrected chi connectivity index (χ4v) is 10.9. The van der Waals surface area contributed by atoms with E-state index in [9.17, 15) is 19.4 Å². The third kappa shape index (κ3) is 60.4. The summed E-state index contributed by atoms with van der Waals surface area (Å²) < 4.78 is 23.8. The molecule has 0 aromatic heterocycles. The van der Waals surface area contributed by atoms with E-state index in [0.29, 0.717) is 17.4 Å². The lowest BCUT2D eigenvalue weighted by Crippen LogP contribution is -2.45. The maximum atomic E-state index is 13.0. The number of allylic oxidation sites excluding steroid dienone is 5. The van der Waals surface area contributed by atoms with Crippen molar-refractivity contribution in [2.24, 2.45) is 0 Å². The molecule has 0 saturated carbocycles. The predicted molar refractivity (Wildman–Crippen MR) is 332 cm³/mol. The molecule has 8 nitrogen and oxygen atoms in total. The van der Waals surface area contributed by atoms with Gasteiger partial charge in [0.25, 0.3) is 0 Å². The second-order valence-electron chi connectivity index (χ2n) is 24.2. The predicted octanol–water partition coefficient (Wildman–Crippen LogP) is 20.9. The molecule has 0 aromatic rings. The normalized spacial score (nSPS) is 13.9. The molecule has 0 aliphatic carbocycles. The Labute approximate surface area is 474 Å². The van der Waals surface area contributed by atoms with Crippen LogP contribution < -0.4 is 5.32 Å². The second kappa shape index (κ2) is 58.4. The average molecular weight is 1090 g/mol. The number of likely N-dealkylation sites (N-methyl/N-ethyl adjacent to an activating group) is 1. The minimum Gasteiger partial charge on any atom is -0.387 e. The number of nitrogens with one attached hydrogen (secondary N) is 1. The molecule has 3 unspecified atom stereocenters. The molecule has 76 heavy (non-hydrogen) atoms. The zero-order chi connectivity index (χ0) is 55.6. The van der Waals surface area contributed by atoms with Gasteiger partial charge in [-0.3, -0.25) is 13.8 Å². The van der Waals surface area contributed by atoms with Gasteiger partial charge in [0.1, 0.15) is 13.2 Å². The number of hydrogen-bond donors (Lipinski definition) is 3. The number of aliphatic hydroxyl groups is 1. The van der Waals surface area contributed by atoms with E-state index in [1.165, 1.54) is 276 Å². The first-order valence-corrected chi connectivity index (χ1v) is 34.9. The maximum Gasteiger partial charge on any atom is 0.472 e. The van der Waals surface area contributed by atoms with Gasteiger partial charge < -0.3 is 19.8 Å². The van der Waals surface area contributed by atoms with Crippen LogP contribution in [0.25, 0.3) is 0 Å². The zero-order valence-corrected chi connectivity index (χ0v) is 52.4. The molecule has 0 saturated heterocycles. The highest BCUT2D eigenvalue weighted by molar-refractivity contribution is 7.47. The Hall–Kier alpha value is -1.28. The van der Waals surface area contributed by atoms with Crippen LogP contribution in [0.15, 0.2) is 36.5 Å². The Balaban J connectivity index is 4.03. The van der Waals surface area contributed by atoms with E-state index in [0.717, 1.165) is 38.5 Å². The Kier molecular flexibility index (Phi) is 57.4. The van der Waals surface area contributed by atoms with Crippen LogP contribution in [0.5, 0.6) is 0 Å². The molecule has 1 amide bonds. The van der Waals surface area contributed by atoms with Crippen LogP contribution in [-0.2, 0) is 18.4 Å². The Morgan fingerprint density at radius 1 is 0.447 bits per heavy atom. The minimum atomic E-state index is -4.35. The average Bonchev–Trinajstić information content (AvgIpc) is 3.38. The number of quaternary nitrogens is 1. The number of carbonyl (C=O) groups excluding carboxylic acids is 1. The largest absolute Gasteiger partial charge is 0.472 e. The number of amides is 1. The molecular formula is C67H132N2O6P+. The summed E-state index contributed by atoms with van der Waals surface area (Å²) in [6, 6.07) is -0.845. The molecule has 0 bridgehead atoms. The van der Waals surface area contributed by atoms with Gasteiger partial charge >= 0.3 is 7.82 Å². The van der Waals surface area contributed by atoms with Crippen molar-refractivity contribution < 1.29 is 32.9 Å². The van der Waals surface area contributed by atoms with E-state index in [1.54, 1.807) is 6.08 Å². The van der Waals surface area contributed by atoms with Crippen molar-refractivity contribution in [3.8, 4) is 0 Å². The molecule has 0 rings (SSSR count). The first-order valence-electron chi connectivity index (χ1n) is 33.4. The molecule has 0 radical (unpaired) electrons. The lowest BCUT2D eigenvalue weighted by molar-refractivity contribution is -0.870. The molecule has 0 fully saturated rings. The number of carbonyl (C=O) groups is 1. The van der Waals surface area contributed by atoms with Crippen molar-refractivity contribution in [3.05, 3.63) is 36.5 Å². The lowest BCUT2D eigenvalue weighted by atomic mass is 10.0. The van der Waals surface area contributed by atoms with Gasteiger partial charge in [-0.25, -0.2) is 4.57 Å². The van der Waals surface area contributed by atoms with Crippen LogP contribution in [0.4, 0.5) is 0 Å². The topological polar surface area (TPSA) is 105 Å². The van der Waals surface area contributed by atoms with Crippen molar-refractivity contribution >= 4 is 13.7 Å². The second-order valence-corrected chi connectivity index (χ2v) is 25.7. The van der Waals surface area contributed by atoms with E-state index < -0.39 is 20.0 Å². The van der Waals surface area contributed by atoms with Gasteiger partial charge in [0.2, 0.25) is 5.91 Å². The Morgan fingerprint density at radius 3 is 1.08 bits per heavy atom. The van der Waals surface area contributed by atoms with Crippen LogP contribution in [0.2, 0.25) is 0 Å². The van der Waals surface area contributed by atoms with Gasteiger partial charge in [0.05, 0.1) is 39.9 Å². The van der Waals surface area contributed by atoms with E-state index >= 15 is 0 Å². The summed E-state index contributed by atoms with van der Waals surface area (Å²) >= 11 is 0. The van der Waals surface area contributed by atoms with Crippen LogP contribution in [0.3, 0.4) is 0 Å². The zero-order valence-electron chi connectivity index (χ0n) is 51.5. The van der Waals surface area contributed by atoms with Crippen LogP contribution in [0.1, 0.15) is 335 Å². The van der Waals surface area contributed by atoms with E-state index in [4.69, 9.17) is 9.05 Å². The van der Waals surface area contributed by atoms with E-state index in [1.807, 2.05) is 27.2 Å². The molecular weight excluding hydrogens is 960 g/mol. The summed E-state index contributed by atoms with van der Waals surface area (Å²) in [6.45, 7) is 4.86. The molecule has 9 heteroatoms. The fraction of sp³-hybridized carbons (Fsp3) is 0.896. The van der Waals surface area contributed by atoms with Crippen molar-refractivity contribution in [2.45, 2.75) is 347 Å². The third-order valence-corrected chi connectivity index (χ3v) is 16.3. The van der Waals surface area contributed by atoms with E-state index in [-0.39, 0.29) is 19.1 Å². The molecule has 3 atom stereocenters. The summed E-state index contributed by atoms with van der Waals surface area (Å²) in [7, 11) is 1.59. The Morgan fingerprint density at radius 2 is 0.750 bits per heavy atom. The molecule has 0 aliphatic heterocycles. The van der Waals surface area contributed by atoms with Crippen molar-refractivity contribution in [3.63, 3.8) is 0 Å². The standard InChI is InChI=1S/C67H131N2O6P/c1-6-8-10-12-14-16-18-20-22-24-26-28-29-30-31-32-33-34-35-36-37-38-39-41-43-45-47-49-51-53-55-57-59-61-67(71)68-65(64-75-76(72,73)74-63-62-69(3,4)5)66(70)60-58-56-54-52-50-48-46-44-42-40-27-25-23-21-19-17-15-13-11-9-7-2/h18,20,24,26,58,60,65-66,70H,6-17,19,21-23,25,27-57,59,61-64H2,1-5H3,(H-,68,71,72,73)/p+1/b20-18-,26-24-,60-58+. The number of unbranched alkanes of at least 4 members (excludes halogenated alkanes) is 45. The van der Waals surface area contributed by atoms with Gasteiger partial charge in [-0.05, 0) is 51.4 Å². The first-order chi connectivity index (χ1) is 37.0. The fourth-order valence-electron chi connectivity index (χ4n) is 10.1. The van der Waals surface area contributed by atoms with Gasteiger partial charge in [-0.15, -0.1) is 0 Å². The highest BCUT2D eigenvalue weighted by atomic mass is 31.2. The van der Waals surface area contributed by atoms with Crippen molar-refractivity contribution in [1.29, 1.82) is 0 Å². The highest BCUT2D eigenvalue weighted by Crippen LogP contribution is 2.43. The van der Waals surface area contributed by atoms with Crippen molar-refractivity contribution in [1.82, 2.24) is 5.32 Å². The molecule has 0 heterocycles. The smallest absolute Gasteiger partial charge is 0.387 e. The lowest BCUT2D eigenvalue weighted by Gasteiger charge is -2.25. The highest BCUT2D eigenvalue weighted by Gasteiger charge is 2.28. The minimum absolute atomic E-state index is 0.0637. The number of aliphatic hydroxyl groups excluding tert-OH is 1. The number of nitrogens with zero attached hydrogens (tertiary/aromatic N) is 1. The Bertz CT molecular complexity index is 1330. The molecule has 0 spiro atoms. The number of rotatable bonds is 62. The van der Waals surface area contributed by atoms with Gasteiger partial charge in [-0.1, -0.05) is 314 Å². The third-order valence-electron chi connectivity index (χ3n) is 15.4. The summed E-state index contributed by atoms with van der Waals surface area (Å²) in [5.74, 6) is -0.170. The van der Waals surface area contributed by atoms with Crippen LogP contribution in [0, 0.1) is 0 Å². The van der Waals surface area contributed by atoms with Crippen LogP contribution in [-0.4, -0.2) is 73.4 Å². The SMILES string of the molecule is CCCCCCC/C=C\C/C=C\CCCCCCCCCCCCCCCCCCCCCCCC(=O)NC(COP(=O)(O)OCC[N+](C)(C)C)C(O)/C=C/CCCCCCCCCCCCCCCCCCCCC. The summed E-state index contributed by atoms with van der Waals surface area (Å²) in [5, 5.41) is 14.0. The first kappa shape index (κ1) is 74.7. The number of hydrogen-bond acceptors (Lipinski definition) is 5. The molecule has 0 aromatic carbocycles. The van der Waals surface area contributed by atoms with E-state index in [2.05, 4.69) is 43.5 Å². The summed E-state index contributed by atoms with van der Waals surface area (Å²) in [5.41, 5.74) is 0. The summed E-state index contributed by atoms with van der Waals surface area (Å²) in [6.07, 6.45) is 77.0. The number of phosphoric acid groups is 1. The monoisotopic (exact) mass is 1090 g/mol. The number of phosphoric ester groups is 1. The summed E-state index contributed by atoms with van der Waals surface area (Å²) in [4.78, 5) is 23.4. The van der Waals surface area contributed by atoms with Gasteiger partial charge in [-0.2, -0.15) is 0 Å². The quantitative estimate of drug-likeness (QED) is 0.0243. The molecule has 0 aliphatic rings. The van der Waals surface area contributed by atoms with Crippen LogP contribution >= 0.6 is 7.82 Å². The molecule has 3 N–H and O–H groups in total. The maximum absolute atomic E-state index is 13.0. The van der Waals surface area contributed by atoms with Gasteiger partial charge in [0, 0.05) is 6.42 Å². The van der Waals surface area contributed by atoms with Crippen molar-refractivity contribution in [2.75, 3.05) is 40.9 Å². The molecule has 450 valence electrons.